The fourth-order valence-electron chi connectivity index (χ4n) is 2.22. The van der Waals surface area contributed by atoms with Gasteiger partial charge in [-0.1, -0.05) is 0 Å². The van der Waals surface area contributed by atoms with Crippen LogP contribution in [0.4, 0.5) is 4.39 Å². The molecule has 0 aromatic heterocycles. The van der Waals surface area contributed by atoms with Gasteiger partial charge in [0.2, 0.25) is 6.08 Å². The summed E-state index contributed by atoms with van der Waals surface area (Å²) >= 11 is 0. The Morgan fingerprint density at radius 2 is 2.22 bits per heavy atom. The molecule has 0 spiro atoms. The summed E-state index contributed by atoms with van der Waals surface area (Å²) < 4.78 is 18.7. The standard InChI is InChI=1S/C13H11FN2O2/c1-18-12-9(7-15)5-10(6-11(12)14)13(16-8-17)3-2-4-13/h5-6H,2-4H2,1H3. The van der Waals surface area contributed by atoms with Crippen molar-refractivity contribution in [3.8, 4) is 11.8 Å². The summed E-state index contributed by atoms with van der Waals surface area (Å²) in [5.74, 6) is -0.690. The number of ether oxygens (including phenoxy) is 1. The number of isocyanates is 1. The number of carbonyl (C=O) groups excluding carboxylic acids is 1. The molecule has 4 nitrogen and oxygen atoms in total. The Balaban J connectivity index is 2.57. The number of aliphatic imine (C=N–C) groups is 1. The van der Waals surface area contributed by atoms with Gasteiger partial charge < -0.3 is 4.74 Å². The van der Waals surface area contributed by atoms with E-state index in [9.17, 15) is 9.18 Å². The van der Waals surface area contributed by atoms with Gasteiger partial charge in [-0.2, -0.15) is 10.3 Å². The second-order valence-corrected chi connectivity index (χ2v) is 4.24. The number of nitriles is 1. The molecule has 0 radical (unpaired) electrons. The van der Waals surface area contributed by atoms with Crippen molar-refractivity contribution in [1.29, 1.82) is 5.26 Å². The van der Waals surface area contributed by atoms with Gasteiger partial charge >= 0.3 is 0 Å². The van der Waals surface area contributed by atoms with Gasteiger partial charge in [0.15, 0.2) is 11.6 Å². The van der Waals surface area contributed by atoms with Crippen LogP contribution in [0, 0.1) is 17.1 Å². The first-order chi connectivity index (χ1) is 8.66. The highest BCUT2D eigenvalue weighted by atomic mass is 19.1. The molecule has 1 aliphatic carbocycles. The SMILES string of the molecule is COc1c(F)cc(C2(N=C=O)CCC2)cc1C#N. The summed E-state index contributed by atoms with van der Waals surface area (Å²) in [5.41, 5.74) is -0.0627. The Kier molecular flexibility index (Phi) is 3.14. The number of nitrogens with zero attached hydrogens (tertiary/aromatic N) is 2. The van der Waals surface area contributed by atoms with Crippen molar-refractivity contribution in [2.24, 2.45) is 4.99 Å². The van der Waals surface area contributed by atoms with Crippen LogP contribution in [-0.4, -0.2) is 13.2 Å². The second-order valence-electron chi connectivity index (χ2n) is 4.24. The lowest BCUT2D eigenvalue weighted by atomic mass is 9.72. The van der Waals surface area contributed by atoms with E-state index in [1.165, 1.54) is 25.3 Å². The van der Waals surface area contributed by atoms with E-state index in [0.717, 1.165) is 6.42 Å². The summed E-state index contributed by atoms with van der Waals surface area (Å²) in [4.78, 5) is 14.3. The van der Waals surface area contributed by atoms with Crippen LogP contribution in [0.25, 0.3) is 0 Å². The lowest BCUT2D eigenvalue weighted by Gasteiger charge is -2.37. The van der Waals surface area contributed by atoms with Gasteiger partial charge in [0.25, 0.3) is 0 Å². The van der Waals surface area contributed by atoms with E-state index in [2.05, 4.69) is 4.99 Å². The van der Waals surface area contributed by atoms with E-state index in [1.807, 2.05) is 6.07 Å². The third-order valence-electron chi connectivity index (χ3n) is 3.35. The molecular formula is C13H11FN2O2. The van der Waals surface area contributed by atoms with Gasteiger partial charge in [0.1, 0.15) is 6.07 Å². The van der Waals surface area contributed by atoms with Crippen molar-refractivity contribution < 1.29 is 13.9 Å². The summed E-state index contributed by atoms with van der Waals surface area (Å²) in [5, 5.41) is 8.98. The number of hydrogen-bond acceptors (Lipinski definition) is 4. The lowest BCUT2D eigenvalue weighted by Crippen LogP contribution is -2.32. The van der Waals surface area contributed by atoms with Crippen molar-refractivity contribution in [3.05, 3.63) is 29.1 Å². The summed E-state index contributed by atoms with van der Waals surface area (Å²) in [6, 6.07) is 4.69. The van der Waals surface area contributed by atoms with Gasteiger partial charge in [0, 0.05) is 0 Å². The highest BCUT2D eigenvalue weighted by Gasteiger charge is 2.39. The largest absolute Gasteiger partial charge is 0.492 e. The van der Waals surface area contributed by atoms with Crippen LogP contribution in [-0.2, 0) is 10.3 Å². The molecule has 2 rings (SSSR count). The first-order valence-corrected chi connectivity index (χ1v) is 5.54. The average Bonchev–Trinajstić information content (AvgIpc) is 2.32. The Hall–Kier alpha value is -2.18. The first kappa shape index (κ1) is 12.3. The van der Waals surface area contributed by atoms with Crippen molar-refractivity contribution in [3.63, 3.8) is 0 Å². The second kappa shape index (κ2) is 4.59. The van der Waals surface area contributed by atoms with Crippen LogP contribution in [0.15, 0.2) is 17.1 Å². The zero-order chi connectivity index (χ0) is 13.2. The number of benzene rings is 1. The van der Waals surface area contributed by atoms with Gasteiger partial charge in [0.05, 0.1) is 18.2 Å². The van der Waals surface area contributed by atoms with E-state index >= 15 is 0 Å². The molecule has 18 heavy (non-hydrogen) atoms. The van der Waals surface area contributed by atoms with Crippen LogP contribution in [0.2, 0.25) is 0 Å². The zero-order valence-corrected chi connectivity index (χ0v) is 9.86. The lowest BCUT2D eigenvalue weighted by molar-refractivity contribution is 0.254. The van der Waals surface area contributed by atoms with Crippen LogP contribution < -0.4 is 4.74 Å². The van der Waals surface area contributed by atoms with Crippen LogP contribution in [0.5, 0.6) is 5.75 Å². The molecule has 5 heteroatoms. The number of halogens is 1. The first-order valence-electron chi connectivity index (χ1n) is 5.54. The van der Waals surface area contributed by atoms with E-state index in [0.29, 0.717) is 18.4 Å². The van der Waals surface area contributed by atoms with Gasteiger partial charge in [-0.3, -0.25) is 0 Å². The predicted octanol–water partition coefficient (Wildman–Crippen LogP) is 2.42. The monoisotopic (exact) mass is 246 g/mol. The molecule has 1 fully saturated rings. The Labute approximate surface area is 104 Å². The zero-order valence-electron chi connectivity index (χ0n) is 9.86. The normalized spacial score (nSPS) is 16.1. The highest BCUT2D eigenvalue weighted by Crippen LogP contribution is 2.46. The molecule has 1 aromatic rings. The molecule has 0 aliphatic heterocycles. The molecule has 0 atom stereocenters. The van der Waals surface area contributed by atoms with Crippen molar-refractivity contribution in [2.45, 2.75) is 24.8 Å². The van der Waals surface area contributed by atoms with Crippen molar-refractivity contribution in [1.82, 2.24) is 0 Å². The molecule has 1 aromatic carbocycles. The highest BCUT2D eigenvalue weighted by molar-refractivity contribution is 5.50. The summed E-state index contributed by atoms with van der Waals surface area (Å²) in [7, 11) is 1.31. The minimum absolute atomic E-state index is 0.0780. The fraction of sp³-hybridized carbons (Fsp3) is 0.385. The van der Waals surface area contributed by atoms with E-state index in [1.54, 1.807) is 0 Å². The smallest absolute Gasteiger partial charge is 0.235 e. The van der Waals surface area contributed by atoms with Gasteiger partial charge in [-0.15, -0.1) is 0 Å². The quantitative estimate of drug-likeness (QED) is 0.607. The molecule has 0 unspecified atom stereocenters. The molecule has 0 N–H and O–H groups in total. The van der Waals surface area contributed by atoms with E-state index < -0.39 is 11.4 Å². The van der Waals surface area contributed by atoms with E-state index in [-0.39, 0.29) is 11.3 Å². The molecule has 0 saturated heterocycles. The Bertz CT molecular complexity index is 567. The minimum atomic E-state index is -0.708. The molecule has 0 heterocycles. The maximum Gasteiger partial charge on any atom is 0.235 e. The third kappa shape index (κ3) is 1.77. The van der Waals surface area contributed by atoms with Crippen LogP contribution in [0.3, 0.4) is 0 Å². The number of hydrogen-bond donors (Lipinski definition) is 0. The predicted molar refractivity (Wildman–Crippen MR) is 61.3 cm³/mol. The minimum Gasteiger partial charge on any atom is -0.492 e. The van der Waals surface area contributed by atoms with E-state index in [4.69, 9.17) is 10.00 Å². The summed E-state index contributed by atoms with van der Waals surface area (Å²) in [6.45, 7) is 0. The van der Waals surface area contributed by atoms with Crippen molar-refractivity contribution >= 4 is 6.08 Å². The van der Waals surface area contributed by atoms with Gasteiger partial charge in [-0.05, 0) is 37.0 Å². The van der Waals surface area contributed by atoms with Crippen LogP contribution >= 0.6 is 0 Å². The number of rotatable bonds is 3. The molecule has 1 aliphatic rings. The summed E-state index contributed by atoms with van der Waals surface area (Å²) in [6.07, 6.45) is 3.78. The maximum atomic E-state index is 13.8. The fourth-order valence-corrected chi connectivity index (χ4v) is 2.22. The molecular weight excluding hydrogens is 235 g/mol. The number of methoxy groups -OCH3 is 1. The molecule has 0 amide bonds. The average molecular weight is 246 g/mol. The van der Waals surface area contributed by atoms with Crippen molar-refractivity contribution in [2.75, 3.05) is 7.11 Å². The molecule has 0 bridgehead atoms. The van der Waals surface area contributed by atoms with Crippen LogP contribution in [0.1, 0.15) is 30.4 Å². The Morgan fingerprint density at radius 1 is 1.50 bits per heavy atom. The molecule has 1 saturated carbocycles. The third-order valence-corrected chi connectivity index (χ3v) is 3.35. The molecule has 92 valence electrons. The van der Waals surface area contributed by atoms with Gasteiger partial charge in [-0.25, -0.2) is 9.18 Å². The maximum absolute atomic E-state index is 13.8. The topological polar surface area (TPSA) is 62.4 Å². The Morgan fingerprint density at radius 3 is 2.67 bits per heavy atom.